The first-order chi connectivity index (χ1) is 62.2. The molecule has 37 nitrogen and oxygen atoms in total. The van der Waals surface area contributed by atoms with Gasteiger partial charge in [-0.25, -0.2) is 54.2 Å². The van der Waals surface area contributed by atoms with Crippen LogP contribution in [0.15, 0.2) is 62.3 Å². The normalized spacial score (nSPS) is 35.7. The zero-order chi connectivity index (χ0) is 99.1. The van der Waals surface area contributed by atoms with Crippen molar-refractivity contribution in [3.8, 4) is 21.4 Å². The number of anilines is 2. The zero-order valence-corrected chi connectivity index (χ0v) is 82.3. The lowest BCUT2D eigenvalue weighted by Gasteiger charge is -2.48. The molecule has 740 valence electrons. The van der Waals surface area contributed by atoms with Crippen molar-refractivity contribution in [2.45, 2.75) is 323 Å². The summed E-state index contributed by atoms with van der Waals surface area (Å²) in [5.41, 5.74) is 1.08. The molecule has 0 spiro atoms. The molecule has 4 aromatic heterocycles. The van der Waals surface area contributed by atoms with Crippen LogP contribution < -0.4 is 17.4 Å². The van der Waals surface area contributed by atoms with Gasteiger partial charge in [0, 0.05) is 72.5 Å². The number of amides is 2. The van der Waals surface area contributed by atoms with E-state index in [9.17, 15) is 53.4 Å². The van der Waals surface area contributed by atoms with Crippen LogP contribution in [-0.2, 0) is 123 Å². The number of alkyl halides is 2. The van der Waals surface area contributed by atoms with Crippen molar-refractivity contribution in [2.24, 2.45) is 56.5 Å². The number of rotatable bonds is 19. The number of aliphatic hydroxyl groups is 2. The fourth-order valence-electron chi connectivity index (χ4n) is 18.2. The smallest absolute Gasteiger partial charge is 0.351 e. The number of nitrogen functional groups attached to an aromatic ring is 2. The molecule has 26 atom stereocenters. The summed E-state index contributed by atoms with van der Waals surface area (Å²) in [4.78, 5) is 162. The summed E-state index contributed by atoms with van der Waals surface area (Å²) in [6.07, 6.45) is -12.9. The van der Waals surface area contributed by atoms with Gasteiger partial charge in [0.2, 0.25) is 11.8 Å². The highest BCUT2D eigenvalue weighted by Crippen LogP contribution is 2.46. The van der Waals surface area contributed by atoms with E-state index in [1.807, 2.05) is 76.3 Å². The van der Waals surface area contributed by atoms with E-state index in [1.54, 1.807) is 92.0 Å². The largest absolute Gasteiger partial charge is 0.457 e. The average Bonchev–Trinajstić information content (AvgIpc) is 1.66. The molecule has 0 unspecified atom stereocenters. The number of fused-ring (bicyclic) bond motifs is 10. The maximum atomic E-state index is 17.1. The number of oxime groups is 1. The van der Waals surface area contributed by atoms with Crippen LogP contribution in [0.25, 0.3) is 21.4 Å². The molecule has 133 heavy (non-hydrogen) atoms. The van der Waals surface area contributed by atoms with Crippen LogP contribution in [0.2, 0.25) is 0 Å². The first kappa shape index (κ1) is 110. The number of pyridine rings is 2. The van der Waals surface area contributed by atoms with Gasteiger partial charge in [0.25, 0.3) is 11.3 Å². The summed E-state index contributed by atoms with van der Waals surface area (Å²) in [6, 6.07) is 9.89. The van der Waals surface area contributed by atoms with E-state index in [0.29, 0.717) is 58.9 Å². The first-order valence-corrected chi connectivity index (χ1v) is 46.7. The number of hydrogen-bond donors (Lipinski definition) is 5. The maximum absolute atomic E-state index is 17.1. The van der Waals surface area contributed by atoms with Crippen molar-refractivity contribution in [3.05, 3.63) is 58.5 Å². The number of esters is 4. The Hall–Kier alpha value is -8.50. The number of carbonyl (C=O) groups is 9. The molecule has 6 saturated heterocycles. The number of nitrogens with two attached hydrogens (primary N) is 3. The van der Waals surface area contributed by atoms with Gasteiger partial charge in [-0.2, -0.15) is 0 Å². The molecule has 4 aromatic rings. The van der Waals surface area contributed by atoms with Crippen molar-refractivity contribution in [2.75, 3.05) is 66.1 Å². The number of Topliss-reactive ketones (excluding diaryl/α,β-unsaturated/α-hetero) is 3. The number of carbonyl (C=O) groups excluding carboxylic acids is 9. The van der Waals surface area contributed by atoms with Crippen molar-refractivity contribution >= 4 is 104 Å². The van der Waals surface area contributed by atoms with Gasteiger partial charge in [-0.15, -0.1) is 22.7 Å². The Morgan fingerprint density at radius 1 is 0.556 bits per heavy atom. The predicted molar refractivity (Wildman–Crippen MR) is 488 cm³/mol. The summed E-state index contributed by atoms with van der Waals surface area (Å²) in [7, 11) is 7.26. The second kappa shape index (κ2) is 47.0. The van der Waals surface area contributed by atoms with Crippen molar-refractivity contribution < 1.29 is 129 Å². The standard InChI is InChI=1S/C46H67FN6O12S.C37H59FN2O12.C9H10N4OS/c1-13-33-46(10,58)40-26(5)36(51-35(55)14-2)24(3)19-44(8,60-21-29(20-59-40)52-61-22-30-23-66-41(49-30)31-16-15-17-34(48)50-31)39(27(6)38(56)45(9,47)43(57)64-33)65-42-37(63-28(7)54)32(53(11)12)18-25(4)62-42;1-13-26-37(10,46)32-21(5)28(39-27(43)14-2)19(3)16-35(8,48-18-24(42)17-47-32)31(22(6)30(44)36(9,38)34(45)51-26)52-33-29(50-23(7)41)25(40(11)12)15-20(4)49-33;10-8-3-1-2-7(13-8)9-12-6(4-14-11)5-15-9/h15-17,23-27,32-33,37,39-40,42,58H,13-14,18-22H2,1-12H3,(H2,48,50);19-22,25-26,29,31-33,46H,13-18H2,1-12H3;1-3,5H,4,11H2,(H2,10,13)/t24-,25-,26+,27+,32+,33-,37-,39-,40-,42+,44-,45+,46-;19-,20-,21+,22+,25+,26-,29-,31-,32-,33+,35-,36+,37-;/m11./s1. The molecule has 10 heterocycles. The van der Waals surface area contributed by atoms with Crippen LogP contribution in [0.4, 0.5) is 20.4 Å². The Bertz CT molecular complexity index is 4780. The SMILES string of the molecule is CCC(=O)N=C1[C@H](C)C[C@@]2(C)OCC(=NOCc3csc(-c4cccc(N)n4)n3)CO[C@H]([C@H]1C)[C@](C)(O)[C@@H](CC)OC(=O)[C@@](C)(F)C(=O)[C@H](C)[C@H]2O[C@@H]1O[C@H](C)C[C@H](N(C)C)[C@H]1OC(C)=O.CCC(=O)N=C1[C@H](C)C[C@@]2(C)OCC(=O)CO[C@H]([C@H]1C)[C@](C)(O)[C@@H](CC)OC(=O)[C@@](C)(F)C(=O)[C@H](C)[C@H]2O[C@@H]1O[C@H](C)C[C@H](N(C)C)[C@H]1OC(C)=O.NOCc1csc(-c2cccc(N)n2)n1. The monoisotopic (exact) mass is 1910 g/mol. The molecule has 2 amide bonds. The maximum Gasteiger partial charge on any atom is 0.351 e. The highest BCUT2D eigenvalue weighted by molar-refractivity contribution is 7.13. The molecule has 0 radical (unpaired) electrons. The summed E-state index contributed by atoms with van der Waals surface area (Å²) in [5.74, 6) is -8.32. The minimum Gasteiger partial charge on any atom is -0.457 e. The molecule has 10 rings (SSSR count). The number of aromatic nitrogens is 4. The number of cyclic esters (lactones) is 2. The van der Waals surface area contributed by atoms with E-state index in [0.717, 1.165) is 30.2 Å². The number of aliphatic imine (C=N–C) groups is 2. The second-order valence-electron chi connectivity index (χ2n) is 36.8. The molecule has 0 aromatic carbocycles. The van der Waals surface area contributed by atoms with Gasteiger partial charge in [-0.3, -0.25) is 38.4 Å². The van der Waals surface area contributed by atoms with Crippen molar-refractivity contribution in [3.63, 3.8) is 0 Å². The lowest BCUT2D eigenvalue weighted by Crippen LogP contribution is -2.62. The summed E-state index contributed by atoms with van der Waals surface area (Å²) in [5, 5.41) is 34.1. The van der Waals surface area contributed by atoms with Gasteiger partial charge in [-0.1, -0.05) is 86.5 Å². The van der Waals surface area contributed by atoms with Crippen LogP contribution in [0.1, 0.15) is 201 Å². The highest BCUT2D eigenvalue weighted by Gasteiger charge is 2.61. The molecule has 6 aliphatic heterocycles. The molecule has 0 aliphatic carbocycles. The molecule has 0 saturated carbocycles. The molecule has 6 aliphatic rings. The minimum atomic E-state index is -3.26. The van der Waals surface area contributed by atoms with E-state index < -0.39 is 221 Å². The van der Waals surface area contributed by atoms with Gasteiger partial charge in [0.1, 0.15) is 82.0 Å². The van der Waals surface area contributed by atoms with Crippen molar-refractivity contribution in [1.82, 2.24) is 29.7 Å². The quantitative estimate of drug-likeness (QED) is 0.0252. The number of ether oxygens (including phenoxy) is 12. The first-order valence-electron chi connectivity index (χ1n) is 45.0. The highest BCUT2D eigenvalue weighted by atomic mass is 32.1. The van der Waals surface area contributed by atoms with Crippen LogP contribution >= 0.6 is 22.7 Å². The molecule has 41 heteroatoms. The Morgan fingerprint density at radius 3 is 1.32 bits per heavy atom. The Morgan fingerprint density at radius 2 is 0.947 bits per heavy atom. The lowest BCUT2D eigenvalue weighted by atomic mass is 9.73. The molecule has 4 bridgehead atoms. The van der Waals surface area contributed by atoms with E-state index in [4.69, 9.17) is 79.0 Å². The molecular formula is C92H136F2N12O25S2. The zero-order valence-electron chi connectivity index (χ0n) is 80.7. The number of halogens is 2. The number of hydrogen-bond acceptors (Lipinski definition) is 37. The van der Waals surface area contributed by atoms with Gasteiger partial charge in [-0.05, 0) is 158 Å². The van der Waals surface area contributed by atoms with Gasteiger partial charge in [0.05, 0.1) is 84.5 Å². The Balaban J connectivity index is 0.000000287. The van der Waals surface area contributed by atoms with Crippen LogP contribution in [0.3, 0.4) is 0 Å². The Labute approximate surface area is 784 Å². The van der Waals surface area contributed by atoms with E-state index in [1.165, 1.54) is 64.2 Å². The Kier molecular flexibility index (Phi) is 38.8. The third kappa shape index (κ3) is 27.3. The van der Waals surface area contributed by atoms with Gasteiger partial charge in [0.15, 0.2) is 48.7 Å². The van der Waals surface area contributed by atoms with Crippen LogP contribution in [0, 0.1) is 35.5 Å². The average molecular weight is 1910 g/mol. The number of nitrogens with zero attached hydrogens (tertiary/aromatic N) is 9. The lowest BCUT2D eigenvalue weighted by molar-refractivity contribution is -0.299. The fraction of sp³-hybridized carbons (Fsp3) is 0.696. The minimum absolute atomic E-state index is 0.0241. The summed E-state index contributed by atoms with van der Waals surface area (Å²) < 4.78 is 109. The number of likely N-dealkylation sites (N-methyl/N-ethyl adjacent to an activating group) is 2. The van der Waals surface area contributed by atoms with Crippen molar-refractivity contribution in [1.29, 1.82) is 0 Å². The summed E-state index contributed by atoms with van der Waals surface area (Å²) in [6.45, 7) is 28.6. The van der Waals surface area contributed by atoms with Crippen LogP contribution in [0.5, 0.6) is 0 Å². The third-order valence-corrected chi connectivity index (χ3v) is 26.9. The third-order valence-electron chi connectivity index (χ3n) is 25.1. The van der Waals surface area contributed by atoms with E-state index in [-0.39, 0.29) is 64.1 Å². The fourth-order valence-corrected chi connectivity index (χ4v) is 19.8. The van der Waals surface area contributed by atoms with Crippen LogP contribution in [-0.4, -0.2) is 284 Å². The van der Waals surface area contributed by atoms with Gasteiger partial charge >= 0.3 is 23.9 Å². The summed E-state index contributed by atoms with van der Waals surface area (Å²) >= 11 is 2.83. The molecule has 6 fully saturated rings. The number of ketones is 3. The molecular weight excluding hydrogens is 1780 g/mol. The second-order valence-corrected chi connectivity index (χ2v) is 38.5. The number of thiazole rings is 2. The van der Waals surface area contributed by atoms with E-state index >= 15 is 8.78 Å². The predicted octanol–water partition coefficient (Wildman–Crippen LogP) is 9.62. The van der Waals surface area contributed by atoms with Gasteiger partial charge < -0.3 is 93.2 Å². The van der Waals surface area contributed by atoms with E-state index in [2.05, 4.69) is 39.9 Å². The topological polar surface area (TPSA) is 496 Å². The molecule has 8 N–H and O–H groups in total.